The highest BCUT2D eigenvalue weighted by molar-refractivity contribution is 9.10. The summed E-state index contributed by atoms with van der Waals surface area (Å²) in [5.74, 6) is 1.57. The van der Waals surface area contributed by atoms with Crippen LogP contribution >= 0.6 is 15.9 Å². The third-order valence-corrected chi connectivity index (χ3v) is 3.10. The molecular formula is C15H17BrN2O. The lowest BCUT2D eigenvalue weighted by atomic mass is 10.2. The summed E-state index contributed by atoms with van der Waals surface area (Å²) in [5.41, 5.74) is 1.13. The SMILES string of the molecule is CCCNCc1cncc(Oc2ccc(Br)cc2)c1. The Balaban J connectivity index is 2.00. The average molecular weight is 321 g/mol. The molecule has 0 unspecified atom stereocenters. The second kappa shape index (κ2) is 7.26. The number of benzene rings is 1. The maximum Gasteiger partial charge on any atom is 0.146 e. The molecule has 1 aromatic heterocycles. The fourth-order valence-corrected chi connectivity index (χ4v) is 1.93. The van der Waals surface area contributed by atoms with Crippen LogP contribution in [-0.4, -0.2) is 11.5 Å². The van der Waals surface area contributed by atoms with Gasteiger partial charge in [-0.15, -0.1) is 0 Å². The Hall–Kier alpha value is -1.39. The minimum Gasteiger partial charge on any atom is -0.456 e. The van der Waals surface area contributed by atoms with Crippen molar-refractivity contribution in [3.05, 3.63) is 52.8 Å². The van der Waals surface area contributed by atoms with Crippen molar-refractivity contribution in [3.8, 4) is 11.5 Å². The van der Waals surface area contributed by atoms with Gasteiger partial charge >= 0.3 is 0 Å². The molecule has 0 radical (unpaired) electrons. The number of nitrogens with one attached hydrogen (secondary N) is 1. The lowest BCUT2D eigenvalue weighted by Gasteiger charge is -2.08. The molecule has 0 amide bonds. The number of aromatic nitrogens is 1. The van der Waals surface area contributed by atoms with Crippen LogP contribution in [0.15, 0.2) is 47.2 Å². The second-order valence-corrected chi connectivity index (χ2v) is 5.18. The Bertz CT molecular complexity index is 514. The van der Waals surface area contributed by atoms with Gasteiger partial charge in [0.05, 0.1) is 6.20 Å². The Morgan fingerprint density at radius 2 is 1.95 bits per heavy atom. The second-order valence-electron chi connectivity index (χ2n) is 4.26. The van der Waals surface area contributed by atoms with Gasteiger partial charge in [0.25, 0.3) is 0 Å². The molecule has 1 N–H and O–H groups in total. The van der Waals surface area contributed by atoms with Crippen LogP contribution in [0, 0.1) is 0 Å². The van der Waals surface area contributed by atoms with Crippen LogP contribution < -0.4 is 10.1 Å². The molecular weight excluding hydrogens is 304 g/mol. The predicted octanol–water partition coefficient (Wildman–Crippen LogP) is 4.14. The van der Waals surface area contributed by atoms with Crippen LogP contribution in [0.2, 0.25) is 0 Å². The molecule has 2 rings (SSSR count). The van der Waals surface area contributed by atoms with Crippen molar-refractivity contribution in [2.45, 2.75) is 19.9 Å². The molecule has 2 aromatic rings. The van der Waals surface area contributed by atoms with E-state index < -0.39 is 0 Å². The molecule has 3 nitrogen and oxygen atoms in total. The van der Waals surface area contributed by atoms with Crippen molar-refractivity contribution >= 4 is 15.9 Å². The summed E-state index contributed by atoms with van der Waals surface area (Å²) in [7, 11) is 0. The normalized spacial score (nSPS) is 10.4. The molecule has 100 valence electrons. The van der Waals surface area contributed by atoms with Gasteiger partial charge in [-0.25, -0.2) is 0 Å². The minimum atomic E-state index is 0.762. The van der Waals surface area contributed by atoms with Crippen LogP contribution in [0.3, 0.4) is 0 Å². The van der Waals surface area contributed by atoms with E-state index in [0.29, 0.717) is 0 Å². The number of pyridine rings is 1. The number of halogens is 1. The van der Waals surface area contributed by atoms with Gasteiger partial charge in [-0.2, -0.15) is 0 Å². The van der Waals surface area contributed by atoms with E-state index >= 15 is 0 Å². The summed E-state index contributed by atoms with van der Waals surface area (Å²) in [6, 6.07) is 9.76. The van der Waals surface area contributed by atoms with E-state index in [9.17, 15) is 0 Å². The van der Waals surface area contributed by atoms with Crippen molar-refractivity contribution < 1.29 is 4.74 Å². The Morgan fingerprint density at radius 1 is 1.16 bits per heavy atom. The van der Waals surface area contributed by atoms with E-state index in [0.717, 1.165) is 41.0 Å². The monoisotopic (exact) mass is 320 g/mol. The molecule has 19 heavy (non-hydrogen) atoms. The molecule has 0 spiro atoms. The van der Waals surface area contributed by atoms with Gasteiger partial charge < -0.3 is 10.1 Å². The van der Waals surface area contributed by atoms with Crippen LogP contribution in [0.1, 0.15) is 18.9 Å². The molecule has 0 atom stereocenters. The predicted molar refractivity (Wildman–Crippen MR) is 80.5 cm³/mol. The van der Waals surface area contributed by atoms with Gasteiger partial charge in [0.2, 0.25) is 0 Å². The zero-order valence-electron chi connectivity index (χ0n) is 10.9. The summed E-state index contributed by atoms with van der Waals surface area (Å²) in [5, 5.41) is 3.35. The quantitative estimate of drug-likeness (QED) is 0.812. The summed E-state index contributed by atoms with van der Waals surface area (Å²) >= 11 is 3.40. The number of hydrogen-bond acceptors (Lipinski definition) is 3. The van der Waals surface area contributed by atoms with E-state index in [4.69, 9.17) is 4.74 Å². The van der Waals surface area contributed by atoms with Gasteiger partial charge in [-0.3, -0.25) is 4.98 Å². The van der Waals surface area contributed by atoms with Crippen LogP contribution in [0.5, 0.6) is 11.5 Å². The molecule has 0 saturated carbocycles. The minimum absolute atomic E-state index is 0.762. The zero-order valence-corrected chi connectivity index (χ0v) is 12.5. The van der Waals surface area contributed by atoms with Crippen LogP contribution in [0.4, 0.5) is 0 Å². The van der Waals surface area contributed by atoms with Crippen molar-refractivity contribution in [1.82, 2.24) is 10.3 Å². The van der Waals surface area contributed by atoms with Crippen LogP contribution in [0.25, 0.3) is 0 Å². The van der Waals surface area contributed by atoms with Gasteiger partial charge in [0, 0.05) is 17.2 Å². The first-order chi connectivity index (χ1) is 9.28. The van der Waals surface area contributed by atoms with E-state index in [1.54, 1.807) is 6.20 Å². The van der Waals surface area contributed by atoms with Gasteiger partial charge in [0.15, 0.2) is 0 Å². The highest BCUT2D eigenvalue weighted by Crippen LogP contribution is 2.23. The third kappa shape index (κ3) is 4.65. The average Bonchev–Trinajstić information content (AvgIpc) is 2.42. The molecule has 1 heterocycles. The largest absolute Gasteiger partial charge is 0.456 e. The molecule has 0 fully saturated rings. The number of hydrogen-bond donors (Lipinski definition) is 1. The standard InChI is InChI=1S/C15H17BrN2O/c1-2-7-17-9-12-8-15(11-18-10-12)19-14-5-3-13(16)4-6-14/h3-6,8,10-11,17H,2,7,9H2,1H3. The first kappa shape index (κ1) is 14.0. The van der Waals surface area contributed by atoms with E-state index in [1.165, 1.54) is 0 Å². The first-order valence-corrected chi connectivity index (χ1v) is 7.15. The third-order valence-electron chi connectivity index (χ3n) is 2.58. The maximum absolute atomic E-state index is 5.77. The Kier molecular flexibility index (Phi) is 5.36. The fourth-order valence-electron chi connectivity index (χ4n) is 1.66. The maximum atomic E-state index is 5.77. The lowest BCUT2D eigenvalue weighted by molar-refractivity contribution is 0.479. The summed E-state index contributed by atoms with van der Waals surface area (Å²) in [6.45, 7) is 3.98. The zero-order chi connectivity index (χ0) is 13.5. The molecule has 0 aliphatic carbocycles. The van der Waals surface area contributed by atoms with Gasteiger partial charge in [-0.1, -0.05) is 22.9 Å². The topological polar surface area (TPSA) is 34.2 Å². The van der Waals surface area contributed by atoms with E-state index in [-0.39, 0.29) is 0 Å². The van der Waals surface area contributed by atoms with E-state index in [1.807, 2.05) is 36.5 Å². The van der Waals surface area contributed by atoms with Crippen molar-refractivity contribution in [2.75, 3.05) is 6.54 Å². The van der Waals surface area contributed by atoms with Crippen molar-refractivity contribution in [1.29, 1.82) is 0 Å². The molecule has 1 aromatic carbocycles. The number of nitrogens with zero attached hydrogens (tertiary/aromatic N) is 1. The van der Waals surface area contributed by atoms with Gasteiger partial charge in [0.1, 0.15) is 11.5 Å². The molecule has 0 aliphatic rings. The molecule has 4 heteroatoms. The number of rotatable bonds is 6. The summed E-state index contributed by atoms with van der Waals surface area (Å²) < 4.78 is 6.81. The molecule has 0 bridgehead atoms. The smallest absolute Gasteiger partial charge is 0.146 e. The number of ether oxygens (including phenoxy) is 1. The Morgan fingerprint density at radius 3 is 2.68 bits per heavy atom. The Labute approximate surface area is 122 Å². The lowest BCUT2D eigenvalue weighted by Crippen LogP contribution is -2.13. The highest BCUT2D eigenvalue weighted by Gasteiger charge is 2.00. The highest BCUT2D eigenvalue weighted by atomic mass is 79.9. The molecule has 0 aliphatic heterocycles. The first-order valence-electron chi connectivity index (χ1n) is 6.36. The summed E-state index contributed by atoms with van der Waals surface area (Å²) in [4.78, 5) is 4.20. The van der Waals surface area contributed by atoms with Crippen molar-refractivity contribution in [3.63, 3.8) is 0 Å². The van der Waals surface area contributed by atoms with E-state index in [2.05, 4.69) is 33.2 Å². The summed E-state index contributed by atoms with van der Waals surface area (Å²) in [6.07, 6.45) is 4.71. The fraction of sp³-hybridized carbons (Fsp3) is 0.267. The van der Waals surface area contributed by atoms with Gasteiger partial charge in [-0.05, 0) is 48.9 Å². The van der Waals surface area contributed by atoms with Crippen LogP contribution in [-0.2, 0) is 6.54 Å². The van der Waals surface area contributed by atoms with Crippen molar-refractivity contribution in [2.24, 2.45) is 0 Å². The molecule has 0 saturated heterocycles.